The van der Waals surface area contributed by atoms with Crippen LogP contribution in [0.4, 0.5) is 0 Å². The minimum absolute atomic E-state index is 0.0340. The van der Waals surface area contributed by atoms with Crippen molar-refractivity contribution in [2.24, 2.45) is 0 Å². The lowest BCUT2D eigenvalue weighted by Crippen LogP contribution is -2.35. The molecule has 3 N–H and O–H groups in total. The SMILES string of the molecule is CC1=C(C(=O)O)C(c2cccc(O)c2)C2=C(CC(c3ccc(C(C)(C)C)cc3)CC2=O)N1. The van der Waals surface area contributed by atoms with Crippen molar-refractivity contribution in [2.45, 2.75) is 57.8 Å². The summed E-state index contributed by atoms with van der Waals surface area (Å²) in [6.45, 7) is 8.25. The van der Waals surface area contributed by atoms with E-state index in [0.29, 0.717) is 29.7 Å². The predicted octanol–water partition coefficient (Wildman–Crippen LogP) is 5.14. The van der Waals surface area contributed by atoms with Gasteiger partial charge in [0.05, 0.1) is 5.57 Å². The van der Waals surface area contributed by atoms with E-state index in [1.165, 1.54) is 11.6 Å². The van der Waals surface area contributed by atoms with Gasteiger partial charge in [-0.15, -0.1) is 0 Å². The average molecular weight is 432 g/mol. The standard InChI is InChI=1S/C27H29NO4/c1-15-23(26(31)32)24(17-6-5-7-20(29)12-17)25-21(28-15)13-18(14-22(25)30)16-8-10-19(11-9-16)27(2,3)4/h5-12,18,24,28-29H,13-14H2,1-4H3,(H,31,32). The van der Waals surface area contributed by atoms with E-state index in [0.717, 1.165) is 11.3 Å². The van der Waals surface area contributed by atoms with Crippen LogP contribution in [0, 0.1) is 0 Å². The van der Waals surface area contributed by atoms with Crippen LogP contribution >= 0.6 is 0 Å². The summed E-state index contributed by atoms with van der Waals surface area (Å²) in [7, 11) is 0. The van der Waals surface area contributed by atoms with E-state index in [1.54, 1.807) is 25.1 Å². The molecule has 4 rings (SSSR count). The highest BCUT2D eigenvalue weighted by molar-refractivity contribution is 6.03. The number of carbonyl (C=O) groups excluding carboxylic acids is 1. The van der Waals surface area contributed by atoms with Gasteiger partial charge in [-0.05, 0) is 53.5 Å². The molecule has 5 heteroatoms. The van der Waals surface area contributed by atoms with Crippen LogP contribution in [0.1, 0.15) is 69.1 Å². The van der Waals surface area contributed by atoms with Crippen molar-refractivity contribution < 1.29 is 19.8 Å². The number of aliphatic carboxylic acids is 1. The highest BCUT2D eigenvalue weighted by Gasteiger charge is 2.41. The van der Waals surface area contributed by atoms with Gasteiger partial charge in [-0.1, -0.05) is 57.2 Å². The van der Waals surface area contributed by atoms with Crippen LogP contribution < -0.4 is 5.32 Å². The minimum Gasteiger partial charge on any atom is -0.508 e. The van der Waals surface area contributed by atoms with Gasteiger partial charge in [0, 0.05) is 29.3 Å². The molecule has 5 nitrogen and oxygen atoms in total. The maximum absolute atomic E-state index is 13.4. The van der Waals surface area contributed by atoms with Gasteiger partial charge in [0.25, 0.3) is 0 Å². The number of Topliss-reactive ketones (excluding diaryl/α,β-unsaturated/α-hetero) is 1. The lowest BCUT2D eigenvalue weighted by Gasteiger charge is -2.36. The van der Waals surface area contributed by atoms with Crippen molar-refractivity contribution in [3.05, 3.63) is 87.8 Å². The largest absolute Gasteiger partial charge is 0.508 e. The first-order chi connectivity index (χ1) is 15.1. The molecule has 0 aromatic heterocycles. The second-order valence-corrected chi connectivity index (χ2v) is 9.79. The summed E-state index contributed by atoms with van der Waals surface area (Å²) in [5.41, 5.74) is 4.98. The number of allylic oxidation sites excluding steroid dienone is 3. The molecule has 2 unspecified atom stereocenters. The fourth-order valence-electron chi connectivity index (χ4n) is 4.85. The van der Waals surface area contributed by atoms with Crippen molar-refractivity contribution in [1.82, 2.24) is 5.32 Å². The predicted molar refractivity (Wildman–Crippen MR) is 123 cm³/mol. The number of benzene rings is 2. The third kappa shape index (κ3) is 3.95. The summed E-state index contributed by atoms with van der Waals surface area (Å²) in [6.07, 6.45) is 0.964. The van der Waals surface area contributed by atoms with Gasteiger partial charge in [-0.25, -0.2) is 4.79 Å². The van der Waals surface area contributed by atoms with Crippen LogP contribution in [0.5, 0.6) is 5.75 Å². The molecule has 0 saturated heterocycles. The molecule has 2 aliphatic rings. The van der Waals surface area contributed by atoms with Gasteiger partial charge in [0.1, 0.15) is 5.75 Å². The zero-order valence-corrected chi connectivity index (χ0v) is 18.9. The molecule has 166 valence electrons. The number of phenolic OH excluding ortho intramolecular Hbond substituents is 1. The second-order valence-electron chi connectivity index (χ2n) is 9.79. The Bertz CT molecular complexity index is 1150. The van der Waals surface area contributed by atoms with Gasteiger partial charge in [0.15, 0.2) is 5.78 Å². The van der Waals surface area contributed by atoms with Crippen LogP contribution in [-0.4, -0.2) is 22.0 Å². The molecule has 32 heavy (non-hydrogen) atoms. The number of carboxylic acids is 1. The molecule has 2 aromatic carbocycles. The van der Waals surface area contributed by atoms with Crippen LogP contribution in [0.15, 0.2) is 71.1 Å². The number of hydrogen-bond acceptors (Lipinski definition) is 4. The van der Waals surface area contributed by atoms with Gasteiger partial charge < -0.3 is 15.5 Å². The van der Waals surface area contributed by atoms with Gasteiger partial charge in [-0.3, -0.25) is 4.79 Å². The molecule has 1 aliphatic heterocycles. The molecule has 0 spiro atoms. The second kappa shape index (κ2) is 7.97. The average Bonchev–Trinajstić information content (AvgIpc) is 2.71. The summed E-state index contributed by atoms with van der Waals surface area (Å²) in [5.74, 6) is -1.74. The smallest absolute Gasteiger partial charge is 0.334 e. The van der Waals surface area contributed by atoms with E-state index >= 15 is 0 Å². The van der Waals surface area contributed by atoms with E-state index < -0.39 is 11.9 Å². The first kappa shape index (κ1) is 21.9. The van der Waals surface area contributed by atoms with E-state index in [4.69, 9.17) is 0 Å². The molecule has 0 fully saturated rings. The number of phenols is 1. The summed E-state index contributed by atoms with van der Waals surface area (Å²) in [6, 6.07) is 15.0. The first-order valence-electron chi connectivity index (χ1n) is 10.9. The van der Waals surface area contributed by atoms with Gasteiger partial charge >= 0.3 is 5.97 Å². The highest BCUT2D eigenvalue weighted by atomic mass is 16.4. The number of aromatic hydroxyl groups is 1. The number of carboxylic acid groups (broad SMARTS) is 1. The van der Waals surface area contributed by atoms with E-state index in [9.17, 15) is 19.8 Å². The van der Waals surface area contributed by atoms with Crippen LogP contribution in [0.3, 0.4) is 0 Å². The summed E-state index contributed by atoms with van der Waals surface area (Å²) in [4.78, 5) is 25.5. The first-order valence-corrected chi connectivity index (χ1v) is 10.9. The van der Waals surface area contributed by atoms with Crippen molar-refractivity contribution >= 4 is 11.8 Å². The maximum Gasteiger partial charge on any atom is 0.334 e. The lowest BCUT2D eigenvalue weighted by atomic mass is 9.71. The van der Waals surface area contributed by atoms with Crippen molar-refractivity contribution in [3.63, 3.8) is 0 Å². The topological polar surface area (TPSA) is 86.6 Å². The quantitative estimate of drug-likeness (QED) is 0.627. The van der Waals surface area contributed by atoms with Gasteiger partial charge in [-0.2, -0.15) is 0 Å². The Labute approximate surface area is 188 Å². The van der Waals surface area contributed by atoms with Crippen LogP contribution in [-0.2, 0) is 15.0 Å². The van der Waals surface area contributed by atoms with E-state index in [1.807, 2.05) is 0 Å². The zero-order valence-electron chi connectivity index (χ0n) is 18.9. The molecule has 0 radical (unpaired) electrons. The van der Waals surface area contributed by atoms with Crippen molar-refractivity contribution in [1.29, 1.82) is 0 Å². The molecule has 2 atom stereocenters. The number of nitrogens with one attached hydrogen (secondary N) is 1. The maximum atomic E-state index is 13.4. The Morgan fingerprint density at radius 2 is 1.72 bits per heavy atom. The Balaban J connectivity index is 1.74. The van der Waals surface area contributed by atoms with Crippen LogP contribution in [0.25, 0.3) is 0 Å². The Morgan fingerprint density at radius 3 is 2.31 bits per heavy atom. The molecular weight excluding hydrogens is 402 g/mol. The lowest BCUT2D eigenvalue weighted by molar-refractivity contribution is -0.133. The molecule has 1 heterocycles. The van der Waals surface area contributed by atoms with Crippen molar-refractivity contribution in [2.75, 3.05) is 0 Å². The Morgan fingerprint density at radius 1 is 1.03 bits per heavy atom. The zero-order chi connectivity index (χ0) is 23.2. The fraction of sp³-hybridized carbons (Fsp3) is 0.333. The molecular formula is C27H29NO4. The summed E-state index contributed by atoms with van der Waals surface area (Å²) >= 11 is 0. The molecule has 0 saturated carbocycles. The van der Waals surface area contributed by atoms with E-state index in [2.05, 4.69) is 50.4 Å². The minimum atomic E-state index is -1.07. The molecule has 0 amide bonds. The molecule has 2 aromatic rings. The van der Waals surface area contributed by atoms with Crippen LogP contribution in [0.2, 0.25) is 0 Å². The summed E-state index contributed by atoms with van der Waals surface area (Å²) in [5, 5.41) is 23.1. The highest BCUT2D eigenvalue weighted by Crippen LogP contribution is 2.46. The fourth-order valence-corrected chi connectivity index (χ4v) is 4.85. The number of hydrogen-bond donors (Lipinski definition) is 3. The van der Waals surface area contributed by atoms with E-state index in [-0.39, 0.29) is 28.4 Å². The number of dihydropyridines is 1. The Kier molecular flexibility index (Phi) is 5.45. The van der Waals surface area contributed by atoms with Crippen molar-refractivity contribution in [3.8, 4) is 5.75 Å². The molecule has 0 bridgehead atoms. The third-order valence-electron chi connectivity index (χ3n) is 6.51. The number of carbonyl (C=O) groups is 2. The van der Waals surface area contributed by atoms with Gasteiger partial charge in [0.2, 0.25) is 0 Å². The number of rotatable bonds is 3. The molecule has 1 aliphatic carbocycles. The normalized spacial score (nSPS) is 21.3. The monoisotopic (exact) mass is 431 g/mol. The number of ketones is 1. The Hall–Kier alpha value is -3.34. The summed E-state index contributed by atoms with van der Waals surface area (Å²) < 4.78 is 0. The third-order valence-corrected chi connectivity index (χ3v) is 6.51.